The Hall–Kier alpha value is -3.15. The molecular formula is C23H24O10. The van der Waals surface area contributed by atoms with Crippen molar-refractivity contribution < 1.29 is 44.2 Å². The summed E-state index contributed by atoms with van der Waals surface area (Å²) in [7, 11) is 2.71. The standard InChI is InChI=1S/C23H24O10/c1-30-9-16-19(27)20(28)21(29)23(33-16)18-15(31-2)8-13(26)17-12(25)7-14(32-22(17)18)10-3-5-11(24)6-4-10/h3-8,16,19-21,23-24,26-29H,9H2,1-2H3/t16?,19-,20?,21-,23?/m1/s1. The molecule has 0 bridgehead atoms. The predicted molar refractivity (Wildman–Crippen MR) is 115 cm³/mol. The maximum atomic E-state index is 12.9. The number of ether oxygens (including phenoxy) is 3. The topological polar surface area (TPSA) is 159 Å². The van der Waals surface area contributed by atoms with E-state index >= 15 is 0 Å². The summed E-state index contributed by atoms with van der Waals surface area (Å²) in [4.78, 5) is 12.9. The molecule has 0 spiro atoms. The van der Waals surface area contributed by atoms with Gasteiger partial charge in [0.05, 0.1) is 19.3 Å². The smallest absolute Gasteiger partial charge is 0.197 e. The molecule has 2 heterocycles. The van der Waals surface area contributed by atoms with E-state index in [2.05, 4.69) is 0 Å². The molecule has 0 saturated carbocycles. The molecule has 1 fully saturated rings. The molecule has 2 aromatic carbocycles. The van der Waals surface area contributed by atoms with Gasteiger partial charge in [-0.15, -0.1) is 0 Å². The Morgan fingerprint density at radius 1 is 0.970 bits per heavy atom. The zero-order valence-electron chi connectivity index (χ0n) is 17.8. The van der Waals surface area contributed by atoms with Crippen LogP contribution in [-0.4, -0.2) is 70.8 Å². The lowest BCUT2D eigenvalue weighted by molar-refractivity contribution is -0.233. The first kappa shape index (κ1) is 23.0. The molecule has 1 aliphatic rings. The summed E-state index contributed by atoms with van der Waals surface area (Å²) in [5.74, 6) is -0.219. The van der Waals surface area contributed by atoms with Crippen LogP contribution in [-0.2, 0) is 9.47 Å². The van der Waals surface area contributed by atoms with Gasteiger partial charge in [-0.1, -0.05) is 0 Å². The molecule has 4 rings (SSSR count). The van der Waals surface area contributed by atoms with Gasteiger partial charge in [-0.05, 0) is 24.3 Å². The van der Waals surface area contributed by atoms with E-state index in [1.165, 1.54) is 38.5 Å². The zero-order chi connectivity index (χ0) is 23.9. The fourth-order valence-electron chi connectivity index (χ4n) is 4.01. The van der Waals surface area contributed by atoms with E-state index in [-0.39, 0.29) is 40.4 Å². The molecule has 5 atom stereocenters. The molecule has 1 aliphatic heterocycles. The molecule has 176 valence electrons. The van der Waals surface area contributed by atoms with Crippen LogP contribution >= 0.6 is 0 Å². The molecule has 0 amide bonds. The summed E-state index contributed by atoms with van der Waals surface area (Å²) in [6.45, 7) is -0.0809. The van der Waals surface area contributed by atoms with E-state index < -0.39 is 41.7 Å². The van der Waals surface area contributed by atoms with Gasteiger partial charge >= 0.3 is 0 Å². The Bertz CT molecular complexity index is 1200. The molecule has 3 unspecified atom stereocenters. The molecule has 1 aromatic heterocycles. The number of aliphatic hydroxyl groups is 3. The second-order valence-corrected chi connectivity index (χ2v) is 7.76. The van der Waals surface area contributed by atoms with Gasteiger partial charge in [0.15, 0.2) is 11.0 Å². The molecule has 10 nitrogen and oxygen atoms in total. The number of aliphatic hydroxyl groups excluding tert-OH is 3. The van der Waals surface area contributed by atoms with Crippen molar-refractivity contribution in [1.29, 1.82) is 0 Å². The first-order valence-electron chi connectivity index (χ1n) is 10.1. The number of methoxy groups -OCH3 is 2. The number of benzene rings is 2. The minimum Gasteiger partial charge on any atom is -0.508 e. The number of hydrogen-bond donors (Lipinski definition) is 5. The number of phenols is 2. The van der Waals surface area contributed by atoms with E-state index in [1.54, 1.807) is 12.1 Å². The fourth-order valence-corrected chi connectivity index (χ4v) is 4.01. The largest absolute Gasteiger partial charge is 0.508 e. The van der Waals surface area contributed by atoms with Crippen LogP contribution in [0.5, 0.6) is 17.2 Å². The van der Waals surface area contributed by atoms with E-state index in [0.29, 0.717) is 5.56 Å². The van der Waals surface area contributed by atoms with Crippen LogP contribution in [0.4, 0.5) is 0 Å². The van der Waals surface area contributed by atoms with E-state index in [1.807, 2.05) is 0 Å². The molecule has 5 N–H and O–H groups in total. The Morgan fingerprint density at radius 2 is 1.67 bits per heavy atom. The molecule has 0 radical (unpaired) electrons. The van der Waals surface area contributed by atoms with Crippen LogP contribution in [0.15, 0.2) is 45.6 Å². The number of phenolic OH excluding ortho intramolecular Hbond substituents is 2. The Morgan fingerprint density at radius 3 is 2.30 bits per heavy atom. The van der Waals surface area contributed by atoms with Gasteiger partial charge < -0.3 is 44.2 Å². The van der Waals surface area contributed by atoms with Crippen LogP contribution in [0.2, 0.25) is 0 Å². The van der Waals surface area contributed by atoms with Crippen molar-refractivity contribution in [2.75, 3.05) is 20.8 Å². The van der Waals surface area contributed by atoms with Crippen LogP contribution < -0.4 is 10.2 Å². The third-order valence-electron chi connectivity index (χ3n) is 5.68. The monoisotopic (exact) mass is 460 g/mol. The van der Waals surface area contributed by atoms with Gasteiger partial charge in [-0.2, -0.15) is 0 Å². The highest BCUT2D eigenvalue weighted by atomic mass is 16.6. The number of fused-ring (bicyclic) bond motifs is 1. The number of aromatic hydroxyl groups is 2. The molecule has 3 aromatic rings. The SMILES string of the molecule is COCC1OC(c2c(OC)cc(O)c3c(=O)cc(-c4ccc(O)cc4)oc23)[C@H](O)C(O)[C@@H]1O. The van der Waals surface area contributed by atoms with Crippen molar-refractivity contribution in [2.45, 2.75) is 30.5 Å². The van der Waals surface area contributed by atoms with Crippen LogP contribution in [0, 0.1) is 0 Å². The summed E-state index contributed by atoms with van der Waals surface area (Å²) < 4.78 is 22.3. The Labute approximate surface area is 187 Å². The summed E-state index contributed by atoms with van der Waals surface area (Å²) in [6.07, 6.45) is -6.93. The predicted octanol–water partition coefficient (Wildman–Crippen LogP) is 1.05. The van der Waals surface area contributed by atoms with Crippen molar-refractivity contribution in [3.05, 3.63) is 52.2 Å². The van der Waals surface area contributed by atoms with Crippen LogP contribution in [0.25, 0.3) is 22.3 Å². The third kappa shape index (κ3) is 4.03. The second kappa shape index (κ2) is 9.00. The summed E-state index contributed by atoms with van der Waals surface area (Å²) in [5, 5.41) is 51.3. The molecule has 1 saturated heterocycles. The number of hydrogen-bond acceptors (Lipinski definition) is 10. The quantitative estimate of drug-likeness (QED) is 0.372. The first-order valence-corrected chi connectivity index (χ1v) is 10.1. The average molecular weight is 460 g/mol. The Balaban J connectivity index is 1.97. The molecule has 10 heteroatoms. The molecule has 33 heavy (non-hydrogen) atoms. The van der Waals surface area contributed by atoms with Gasteiger partial charge in [-0.25, -0.2) is 0 Å². The minimum absolute atomic E-state index is 0.0253. The van der Waals surface area contributed by atoms with Gasteiger partial charge in [0, 0.05) is 24.8 Å². The van der Waals surface area contributed by atoms with Crippen molar-refractivity contribution in [2.24, 2.45) is 0 Å². The molecular weight excluding hydrogens is 436 g/mol. The Kier molecular flexibility index (Phi) is 6.28. The van der Waals surface area contributed by atoms with Gasteiger partial charge in [0.1, 0.15) is 58.9 Å². The average Bonchev–Trinajstić information content (AvgIpc) is 2.79. The summed E-state index contributed by atoms with van der Waals surface area (Å²) >= 11 is 0. The number of rotatable bonds is 5. The normalized spacial score (nSPS) is 25.3. The second-order valence-electron chi connectivity index (χ2n) is 7.76. The highest BCUT2D eigenvalue weighted by molar-refractivity contribution is 5.89. The van der Waals surface area contributed by atoms with Crippen LogP contribution in [0.1, 0.15) is 11.7 Å². The maximum Gasteiger partial charge on any atom is 0.197 e. The van der Waals surface area contributed by atoms with Crippen LogP contribution in [0.3, 0.4) is 0 Å². The van der Waals surface area contributed by atoms with Gasteiger partial charge in [-0.3, -0.25) is 4.79 Å². The third-order valence-corrected chi connectivity index (χ3v) is 5.68. The lowest BCUT2D eigenvalue weighted by Crippen LogP contribution is -2.55. The maximum absolute atomic E-state index is 12.9. The van der Waals surface area contributed by atoms with Crippen molar-refractivity contribution in [1.82, 2.24) is 0 Å². The lowest BCUT2D eigenvalue weighted by atomic mass is 9.89. The van der Waals surface area contributed by atoms with Crippen molar-refractivity contribution in [3.63, 3.8) is 0 Å². The van der Waals surface area contributed by atoms with Gasteiger partial charge in [0.2, 0.25) is 0 Å². The fraction of sp³-hybridized carbons (Fsp3) is 0.348. The zero-order valence-corrected chi connectivity index (χ0v) is 17.8. The van der Waals surface area contributed by atoms with Crippen molar-refractivity contribution >= 4 is 11.0 Å². The minimum atomic E-state index is -1.61. The van der Waals surface area contributed by atoms with E-state index in [9.17, 15) is 30.3 Å². The first-order chi connectivity index (χ1) is 15.8. The van der Waals surface area contributed by atoms with E-state index in [0.717, 1.165) is 0 Å². The highest BCUT2D eigenvalue weighted by Gasteiger charge is 2.46. The lowest BCUT2D eigenvalue weighted by Gasteiger charge is -2.41. The summed E-state index contributed by atoms with van der Waals surface area (Å²) in [6, 6.07) is 8.30. The summed E-state index contributed by atoms with van der Waals surface area (Å²) in [5.41, 5.74) is -0.147. The van der Waals surface area contributed by atoms with Crippen molar-refractivity contribution in [3.8, 4) is 28.6 Å². The highest BCUT2D eigenvalue weighted by Crippen LogP contribution is 2.44. The van der Waals surface area contributed by atoms with E-state index in [4.69, 9.17) is 18.6 Å². The molecule has 0 aliphatic carbocycles. The van der Waals surface area contributed by atoms with Gasteiger partial charge in [0.25, 0.3) is 0 Å².